The third-order valence-corrected chi connectivity index (χ3v) is 4.37. The van der Waals surface area contributed by atoms with Gasteiger partial charge in [0, 0.05) is 5.56 Å². The van der Waals surface area contributed by atoms with Crippen LogP contribution >= 0.6 is 11.3 Å². The number of rotatable bonds is 4. The first-order valence-corrected chi connectivity index (χ1v) is 7.96. The van der Waals surface area contributed by atoms with Gasteiger partial charge in [0.25, 0.3) is 5.91 Å². The largest absolute Gasteiger partial charge is 0.454 e. The van der Waals surface area contributed by atoms with Crippen molar-refractivity contribution in [1.29, 1.82) is 0 Å². The predicted molar refractivity (Wildman–Crippen MR) is 86.8 cm³/mol. The van der Waals surface area contributed by atoms with E-state index < -0.39 is 6.61 Å². The molecule has 0 unspecified atom stereocenters. The Balaban J connectivity index is 1.54. The number of aromatic nitrogens is 1. The van der Waals surface area contributed by atoms with Crippen LogP contribution in [0.15, 0.2) is 36.4 Å². The second kappa shape index (κ2) is 6.17. The summed E-state index contributed by atoms with van der Waals surface area (Å²) in [5.41, 5.74) is 0.970. The van der Waals surface area contributed by atoms with Gasteiger partial charge >= 0.3 is 6.61 Å². The second-order valence-electron chi connectivity index (χ2n) is 5.05. The Labute approximate surface area is 144 Å². The first kappa shape index (κ1) is 15.6. The van der Waals surface area contributed by atoms with Crippen LogP contribution in [0.2, 0.25) is 0 Å². The number of fused-ring (bicyclic) bond motifs is 2. The zero-order chi connectivity index (χ0) is 17.4. The molecule has 0 aliphatic carbocycles. The molecule has 1 N–H and O–H groups in total. The van der Waals surface area contributed by atoms with Gasteiger partial charge in [-0.1, -0.05) is 11.3 Å². The topological polar surface area (TPSA) is 69.7 Å². The first-order chi connectivity index (χ1) is 12.1. The number of amides is 1. The number of nitrogens with one attached hydrogen (secondary N) is 1. The molecule has 6 nitrogen and oxygen atoms in total. The highest BCUT2D eigenvalue weighted by Crippen LogP contribution is 2.33. The van der Waals surface area contributed by atoms with Crippen molar-refractivity contribution in [3.8, 4) is 17.2 Å². The quantitative estimate of drug-likeness (QED) is 0.761. The summed E-state index contributed by atoms with van der Waals surface area (Å²) in [6.45, 7) is -2.77. The third kappa shape index (κ3) is 3.18. The average molecular weight is 364 g/mol. The van der Waals surface area contributed by atoms with Gasteiger partial charge < -0.3 is 14.2 Å². The highest BCUT2D eigenvalue weighted by molar-refractivity contribution is 7.22. The van der Waals surface area contributed by atoms with Crippen molar-refractivity contribution in [3.05, 3.63) is 42.0 Å². The lowest BCUT2D eigenvalue weighted by Crippen LogP contribution is -2.11. The number of carbonyl (C=O) groups excluding carboxylic acids is 1. The van der Waals surface area contributed by atoms with E-state index in [0.29, 0.717) is 32.4 Å². The Bertz CT molecular complexity index is 960. The molecule has 0 radical (unpaired) electrons. The van der Waals surface area contributed by atoms with Crippen molar-refractivity contribution in [1.82, 2.24) is 4.98 Å². The molecule has 0 bridgehead atoms. The molecule has 1 aliphatic rings. The molecule has 128 valence electrons. The number of alkyl halides is 2. The van der Waals surface area contributed by atoms with Gasteiger partial charge in [0.2, 0.25) is 6.79 Å². The molecule has 1 aromatic heterocycles. The van der Waals surface area contributed by atoms with Crippen molar-refractivity contribution < 1.29 is 27.8 Å². The van der Waals surface area contributed by atoms with Crippen LogP contribution in [0.3, 0.4) is 0 Å². The van der Waals surface area contributed by atoms with Crippen LogP contribution < -0.4 is 19.5 Å². The van der Waals surface area contributed by atoms with Crippen molar-refractivity contribution in [3.63, 3.8) is 0 Å². The highest BCUT2D eigenvalue weighted by atomic mass is 32.1. The van der Waals surface area contributed by atoms with E-state index in [1.54, 1.807) is 24.3 Å². The first-order valence-electron chi connectivity index (χ1n) is 7.15. The molecule has 3 aromatic rings. The fraction of sp³-hybridized carbons (Fsp3) is 0.125. The number of hydrogen-bond donors (Lipinski definition) is 1. The Kier molecular flexibility index (Phi) is 3.85. The summed E-state index contributed by atoms with van der Waals surface area (Å²) >= 11 is 1.16. The highest BCUT2D eigenvalue weighted by Gasteiger charge is 2.17. The SMILES string of the molecule is O=C(Nc1nc2ccc(OC(F)F)cc2s1)c1ccc2c(c1)OCO2. The summed E-state index contributed by atoms with van der Waals surface area (Å²) in [7, 11) is 0. The van der Waals surface area contributed by atoms with E-state index in [-0.39, 0.29) is 18.4 Å². The minimum Gasteiger partial charge on any atom is -0.454 e. The maximum Gasteiger partial charge on any atom is 0.387 e. The van der Waals surface area contributed by atoms with Crippen LogP contribution in [0.25, 0.3) is 10.2 Å². The van der Waals surface area contributed by atoms with Crippen LogP contribution in [0.1, 0.15) is 10.4 Å². The minimum absolute atomic E-state index is 0.0415. The monoisotopic (exact) mass is 364 g/mol. The van der Waals surface area contributed by atoms with Gasteiger partial charge in [-0.05, 0) is 36.4 Å². The molecule has 0 spiro atoms. The molecule has 0 saturated heterocycles. The molecular weight excluding hydrogens is 354 g/mol. The molecule has 2 heterocycles. The number of carbonyl (C=O) groups is 1. The smallest absolute Gasteiger partial charge is 0.387 e. The molecule has 0 fully saturated rings. The van der Waals surface area contributed by atoms with E-state index in [1.807, 2.05) is 0 Å². The normalized spacial score (nSPS) is 12.6. The second-order valence-corrected chi connectivity index (χ2v) is 6.08. The average Bonchev–Trinajstić information content (AvgIpc) is 3.18. The van der Waals surface area contributed by atoms with E-state index in [9.17, 15) is 13.6 Å². The molecule has 9 heteroatoms. The van der Waals surface area contributed by atoms with E-state index >= 15 is 0 Å². The maximum absolute atomic E-state index is 12.3. The minimum atomic E-state index is -2.89. The standard InChI is InChI=1S/C16H10F2N2O4S/c17-15(18)24-9-2-3-10-13(6-9)25-16(19-10)20-14(21)8-1-4-11-12(5-8)23-7-22-11/h1-6,15H,7H2,(H,19,20,21). The summed E-state index contributed by atoms with van der Waals surface area (Å²) in [5, 5.41) is 3.04. The van der Waals surface area contributed by atoms with Gasteiger partial charge in [-0.15, -0.1) is 0 Å². The fourth-order valence-electron chi connectivity index (χ4n) is 2.34. The summed E-state index contributed by atoms with van der Waals surface area (Å²) in [5.74, 6) is 0.773. The molecule has 1 amide bonds. The molecule has 25 heavy (non-hydrogen) atoms. The lowest BCUT2D eigenvalue weighted by Gasteiger charge is -2.02. The predicted octanol–water partition coefficient (Wildman–Crippen LogP) is 3.88. The van der Waals surface area contributed by atoms with Gasteiger partial charge in [0.1, 0.15) is 5.75 Å². The Morgan fingerprint density at radius 3 is 2.88 bits per heavy atom. The molecule has 2 aromatic carbocycles. The molecule has 1 aliphatic heterocycles. The van der Waals surface area contributed by atoms with E-state index in [2.05, 4.69) is 15.0 Å². The lowest BCUT2D eigenvalue weighted by molar-refractivity contribution is -0.0497. The Hall–Kier alpha value is -2.94. The van der Waals surface area contributed by atoms with Gasteiger partial charge in [0.05, 0.1) is 10.2 Å². The summed E-state index contributed by atoms with van der Waals surface area (Å²) in [4.78, 5) is 16.6. The van der Waals surface area contributed by atoms with Crippen molar-refractivity contribution in [2.24, 2.45) is 0 Å². The van der Waals surface area contributed by atoms with Crippen LogP contribution in [0.5, 0.6) is 17.2 Å². The van der Waals surface area contributed by atoms with Gasteiger partial charge in [-0.3, -0.25) is 10.1 Å². The Morgan fingerprint density at radius 2 is 2.04 bits per heavy atom. The summed E-state index contributed by atoms with van der Waals surface area (Å²) in [6, 6.07) is 9.26. The number of benzene rings is 2. The number of ether oxygens (including phenoxy) is 3. The van der Waals surface area contributed by atoms with Crippen LogP contribution in [0, 0.1) is 0 Å². The molecule has 0 atom stereocenters. The van der Waals surface area contributed by atoms with E-state index in [4.69, 9.17) is 9.47 Å². The van der Waals surface area contributed by atoms with Gasteiger partial charge in [0.15, 0.2) is 16.6 Å². The van der Waals surface area contributed by atoms with Gasteiger partial charge in [-0.25, -0.2) is 4.98 Å². The molecule has 0 saturated carbocycles. The number of anilines is 1. The van der Waals surface area contributed by atoms with Crippen LogP contribution in [0.4, 0.5) is 13.9 Å². The number of hydrogen-bond acceptors (Lipinski definition) is 6. The van der Waals surface area contributed by atoms with E-state index in [0.717, 1.165) is 11.3 Å². The molecular formula is C16H10F2N2O4S. The zero-order valence-corrected chi connectivity index (χ0v) is 13.3. The summed E-state index contributed by atoms with van der Waals surface area (Å²) < 4.78 is 40.0. The third-order valence-electron chi connectivity index (χ3n) is 3.44. The van der Waals surface area contributed by atoms with Gasteiger partial charge in [-0.2, -0.15) is 8.78 Å². The number of halogens is 2. The van der Waals surface area contributed by atoms with E-state index in [1.165, 1.54) is 12.1 Å². The fourth-order valence-corrected chi connectivity index (χ4v) is 3.23. The Morgan fingerprint density at radius 1 is 1.20 bits per heavy atom. The number of nitrogens with zero attached hydrogens (tertiary/aromatic N) is 1. The van der Waals surface area contributed by atoms with Crippen molar-refractivity contribution >= 4 is 32.6 Å². The zero-order valence-electron chi connectivity index (χ0n) is 12.5. The van der Waals surface area contributed by atoms with Crippen LogP contribution in [-0.4, -0.2) is 24.3 Å². The van der Waals surface area contributed by atoms with Crippen molar-refractivity contribution in [2.45, 2.75) is 6.61 Å². The van der Waals surface area contributed by atoms with Crippen molar-refractivity contribution in [2.75, 3.05) is 12.1 Å². The molecule has 4 rings (SSSR count). The summed E-state index contributed by atoms with van der Waals surface area (Å²) in [6.07, 6.45) is 0. The lowest BCUT2D eigenvalue weighted by atomic mass is 10.2. The number of thiazole rings is 1. The van der Waals surface area contributed by atoms with Crippen LogP contribution in [-0.2, 0) is 0 Å². The maximum atomic E-state index is 12.3.